The van der Waals surface area contributed by atoms with Gasteiger partial charge in [0.2, 0.25) is 0 Å². The maximum Gasteiger partial charge on any atom is 0.419 e. The lowest BCUT2D eigenvalue weighted by atomic mass is 10.1. The number of hydrogen-bond acceptors (Lipinski definition) is 3. The van der Waals surface area contributed by atoms with Gasteiger partial charge in [-0.25, -0.2) is 9.18 Å². The molecule has 0 unspecified atom stereocenters. The molecule has 6 heteroatoms. The average molecular weight is 370 g/mol. The van der Waals surface area contributed by atoms with Gasteiger partial charge in [-0.3, -0.25) is 4.57 Å². The van der Waals surface area contributed by atoms with Crippen molar-refractivity contribution in [1.29, 1.82) is 0 Å². The Bertz CT molecular complexity index is 704. The molecule has 0 aliphatic heterocycles. The van der Waals surface area contributed by atoms with Gasteiger partial charge in [-0.05, 0) is 54.9 Å². The molecular formula is C16H17BrFNO3. The Labute approximate surface area is 137 Å². The molecule has 1 heterocycles. The topological polar surface area (TPSA) is 40.5 Å². The van der Waals surface area contributed by atoms with E-state index in [0.29, 0.717) is 21.5 Å². The molecule has 22 heavy (non-hydrogen) atoms. The first-order valence-corrected chi connectivity index (χ1v) is 7.45. The van der Waals surface area contributed by atoms with Gasteiger partial charge in [0.1, 0.15) is 17.2 Å². The second-order valence-corrected chi connectivity index (χ2v) is 6.69. The smallest absolute Gasteiger partial charge is 0.419 e. The summed E-state index contributed by atoms with van der Waals surface area (Å²) in [6.07, 6.45) is 1.05. The van der Waals surface area contributed by atoms with E-state index in [-0.39, 0.29) is 0 Å². The van der Waals surface area contributed by atoms with Crippen molar-refractivity contribution in [3.8, 4) is 17.0 Å². The minimum Gasteiger partial charge on any atom is -0.497 e. The van der Waals surface area contributed by atoms with Crippen LogP contribution in [0.4, 0.5) is 9.18 Å². The van der Waals surface area contributed by atoms with Crippen LogP contribution in [0.2, 0.25) is 0 Å². The van der Waals surface area contributed by atoms with Crippen molar-refractivity contribution in [3.63, 3.8) is 0 Å². The Morgan fingerprint density at radius 1 is 1.23 bits per heavy atom. The highest BCUT2D eigenvalue weighted by atomic mass is 79.9. The molecule has 0 radical (unpaired) electrons. The average Bonchev–Trinajstić information content (AvgIpc) is 2.78. The number of halogens is 2. The minimum absolute atomic E-state index is 0.378. The van der Waals surface area contributed by atoms with Gasteiger partial charge in [-0.1, -0.05) is 0 Å². The van der Waals surface area contributed by atoms with Crippen LogP contribution in [0.25, 0.3) is 11.3 Å². The maximum atomic E-state index is 13.7. The SMILES string of the molecule is COc1cc(F)cc(-c2cc(Br)cn2C(=O)OC(C)(C)C)c1. The lowest BCUT2D eigenvalue weighted by Crippen LogP contribution is -2.27. The zero-order valence-electron chi connectivity index (χ0n) is 12.8. The second-order valence-electron chi connectivity index (χ2n) is 5.77. The van der Waals surface area contributed by atoms with E-state index in [1.54, 1.807) is 39.1 Å². The summed E-state index contributed by atoms with van der Waals surface area (Å²) in [5.74, 6) is -0.0644. The van der Waals surface area contributed by atoms with E-state index in [1.807, 2.05) is 0 Å². The van der Waals surface area contributed by atoms with Crippen LogP contribution >= 0.6 is 15.9 Å². The number of rotatable bonds is 2. The molecule has 1 aromatic heterocycles. The normalized spacial score (nSPS) is 11.4. The van der Waals surface area contributed by atoms with Crippen molar-refractivity contribution in [2.75, 3.05) is 7.11 Å². The molecule has 0 fully saturated rings. The van der Waals surface area contributed by atoms with Crippen LogP contribution in [0, 0.1) is 5.82 Å². The highest BCUT2D eigenvalue weighted by Crippen LogP contribution is 2.29. The Morgan fingerprint density at radius 2 is 1.91 bits per heavy atom. The van der Waals surface area contributed by atoms with Crippen molar-refractivity contribution >= 4 is 22.0 Å². The molecular weight excluding hydrogens is 353 g/mol. The van der Waals surface area contributed by atoms with E-state index < -0.39 is 17.5 Å². The number of benzene rings is 1. The standard InChI is InChI=1S/C16H17BrFNO3/c1-16(2,3)22-15(20)19-9-11(17)7-14(19)10-5-12(18)8-13(6-10)21-4/h5-9H,1-4H3. The number of ether oxygens (including phenoxy) is 2. The third-order valence-electron chi connectivity index (χ3n) is 2.78. The highest BCUT2D eigenvalue weighted by Gasteiger charge is 2.21. The molecule has 0 atom stereocenters. The van der Waals surface area contributed by atoms with Crippen LogP contribution in [-0.2, 0) is 4.74 Å². The van der Waals surface area contributed by atoms with E-state index in [1.165, 1.54) is 23.8 Å². The summed E-state index contributed by atoms with van der Waals surface area (Å²) in [5, 5.41) is 0. The Hall–Kier alpha value is -1.82. The molecule has 0 bridgehead atoms. The molecule has 4 nitrogen and oxygen atoms in total. The predicted molar refractivity (Wildman–Crippen MR) is 85.7 cm³/mol. The van der Waals surface area contributed by atoms with Crippen LogP contribution in [0.1, 0.15) is 20.8 Å². The number of aromatic nitrogens is 1. The summed E-state index contributed by atoms with van der Waals surface area (Å²) in [4.78, 5) is 12.3. The van der Waals surface area contributed by atoms with Crippen molar-refractivity contribution in [2.24, 2.45) is 0 Å². The maximum absolute atomic E-state index is 13.7. The van der Waals surface area contributed by atoms with Crippen molar-refractivity contribution in [3.05, 3.63) is 40.8 Å². The zero-order valence-corrected chi connectivity index (χ0v) is 14.4. The summed E-state index contributed by atoms with van der Waals surface area (Å²) in [6.45, 7) is 5.36. The largest absolute Gasteiger partial charge is 0.497 e. The summed E-state index contributed by atoms with van der Waals surface area (Å²) in [6, 6.07) is 5.99. The first-order valence-electron chi connectivity index (χ1n) is 6.66. The first kappa shape index (κ1) is 16.5. The van der Waals surface area contributed by atoms with Crippen molar-refractivity contribution < 1.29 is 18.7 Å². The fourth-order valence-corrected chi connectivity index (χ4v) is 2.36. The summed E-state index contributed by atoms with van der Waals surface area (Å²) >= 11 is 3.33. The number of methoxy groups -OCH3 is 1. The molecule has 0 aliphatic rings. The van der Waals surface area contributed by atoms with E-state index >= 15 is 0 Å². The summed E-state index contributed by atoms with van der Waals surface area (Å²) < 4.78 is 26.2. The van der Waals surface area contributed by atoms with Gasteiger partial charge >= 0.3 is 6.09 Å². The van der Waals surface area contributed by atoms with Crippen molar-refractivity contribution in [2.45, 2.75) is 26.4 Å². The number of carbonyl (C=O) groups excluding carboxylic acids is 1. The quantitative estimate of drug-likeness (QED) is 0.759. The van der Waals surface area contributed by atoms with Gasteiger partial charge in [0.15, 0.2) is 0 Å². The molecule has 0 amide bonds. The Balaban J connectivity index is 2.49. The molecule has 0 N–H and O–H groups in total. The third-order valence-corrected chi connectivity index (χ3v) is 3.21. The lowest BCUT2D eigenvalue weighted by molar-refractivity contribution is 0.0540. The van der Waals surface area contributed by atoms with Crippen LogP contribution in [0.5, 0.6) is 5.75 Å². The van der Waals surface area contributed by atoms with E-state index in [0.717, 1.165) is 0 Å². The first-order chi connectivity index (χ1) is 10.2. The van der Waals surface area contributed by atoms with E-state index in [9.17, 15) is 9.18 Å². The molecule has 2 aromatic rings. The van der Waals surface area contributed by atoms with Crippen LogP contribution in [0.15, 0.2) is 34.9 Å². The number of nitrogens with zero attached hydrogens (tertiary/aromatic N) is 1. The van der Waals surface area contributed by atoms with E-state index in [2.05, 4.69) is 15.9 Å². The lowest BCUT2D eigenvalue weighted by Gasteiger charge is -2.20. The van der Waals surface area contributed by atoms with Crippen molar-refractivity contribution in [1.82, 2.24) is 4.57 Å². The molecule has 118 valence electrons. The second kappa shape index (κ2) is 6.12. The number of hydrogen-bond donors (Lipinski definition) is 0. The number of carbonyl (C=O) groups is 1. The van der Waals surface area contributed by atoms with Crippen LogP contribution < -0.4 is 4.74 Å². The zero-order chi connectivity index (χ0) is 16.5. The van der Waals surface area contributed by atoms with Crippen LogP contribution in [-0.4, -0.2) is 23.4 Å². The van der Waals surface area contributed by atoms with Gasteiger partial charge in [0.25, 0.3) is 0 Å². The fraction of sp³-hybridized carbons (Fsp3) is 0.312. The predicted octanol–water partition coefficient (Wildman–Crippen LogP) is 4.85. The molecule has 1 aromatic carbocycles. The Kier molecular flexibility index (Phi) is 4.60. The third kappa shape index (κ3) is 3.88. The fourth-order valence-electron chi connectivity index (χ4n) is 1.94. The van der Waals surface area contributed by atoms with Gasteiger partial charge in [0, 0.05) is 22.3 Å². The van der Waals surface area contributed by atoms with E-state index in [4.69, 9.17) is 9.47 Å². The molecule has 2 rings (SSSR count). The summed E-state index contributed by atoms with van der Waals surface area (Å²) in [5.41, 5.74) is 0.414. The minimum atomic E-state index is -0.620. The highest BCUT2D eigenvalue weighted by molar-refractivity contribution is 9.10. The molecule has 0 saturated carbocycles. The van der Waals surface area contributed by atoms with Gasteiger partial charge < -0.3 is 9.47 Å². The van der Waals surface area contributed by atoms with Gasteiger partial charge in [-0.15, -0.1) is 0 Å². The van der Waals surface area contributed by atoms with Gasteiger partial charge in [-0.2, -0.15) is 0 Å². The summed E-state index contributed by atoms with van der Waals surface area (Å²) in [7, 11) is 1.46. The monoisotopic (exact) mass is 369 g/mol. The Morgan fingerprint density at radius 3 is 2.50 bits per heavy atom. The molecule has 0 spiro atoms. The molecule has 0 aliphatic carbocycles. The van der Waals surface area contributed by atoms with Gasteiger partial charge in [0.05, 0.1) is 12.8 Å². The van der Waals surface area contributed by atoms with Crippen LogP contribution in [0.3, 0.4) is 0 Å². The molecule has 0 saturated heterocycles.